The fourth-order valence-corrected chi connectivity index (χ4v) is 4.15. The second kappa shape index (κ2) is 12.9. The Morgan fingerprint density at radius 1 is 1.19 bits per heavy atom. The lowest BCUT2D eigenvalue weighted by Crippen LogP contribution is -2.49. The Bertz CT molecular complexity index is 694. The molecular formula is C23H40IN5O2. The molecule has 2 aliphatic rings. The number of fused-ring (bicyclic) bond motifs is 1. The van der Waals surface area contributed by atoms with Gasteiger partial charge in [0.05, 0.1) is 25.4 Å². The molecule has 1 saturated heterocycles. The first-order valence-electron chi connectivity index (χ1n) is 11.3. The third-order valence-corrected chi connectivity index (χ3v) is 5.94. The van der Waals surface area contributed by atoms with Crippen LogP contribution in [-0.4, -0.2) is 91.5 Å². The van der Waals surface area contributed by atoms with Gasteiger partial charge in [0.2, 0.25) is 0 Å². The number of hydrogen-bond donors (Lipinski definition) is 3. The number of hydrogen-bond acceptors (Lipinski definition) is 5. The zero-order chi connectivity index (χ0) is 21.4. The van der Waals surface area contributed by atoms with Crippen molar-refractivity contribution < 1.29 is 9.84 Å². The van der Waals surface area contributed by atoms with Gasteiger partial charge in [-0.25, -0.2) is 0 Å². The number of aliphatic hydroxyl groups is 1. The molecule has 3 rings (SSSR count). The summed E-state index contributed by atoms with van der Waals surface area (Å²) in [4.78, 5) is 9.44. The highest BCUT2D eigenvalue weighted by Gasteiger charge is 2.25. The second-order valence-electron chi connectivity index (χ2n) is 8.80. The summed E-state index contributed by atoms with van der Waals surface area (Å²) >= 11 is 0. The molecule has 1 aromatic carbocycles. The van der Waals surface area contributed by atoms with E-state index in [0.29, 0.717) is 19.1 Å². The molecule has 7 nitrogen and oxygen atoms in total. The zero-order valence-electron chi connectivity index (χ0n) is 19.3. The van der Waals surface area contributed by atoms with Gasteiger partial charge in [0.1, 0.15) is 0 Å². The lowest BCUT2D eigenvalue weighted by Gasteiger charge is -2.34. The largest absolute Gasteiger partial charge is 0.387 e. The van der Waals surface area contributed by atoms with Gasteiger partial charge >= 0.3 is 0 Å². The number of nitrogens with zero attached hydrogens (tertiary/aromatic N) is 3. The first-order valence-corrected chi connectivity index (χ1v) is 11.3. The highest BCUT2D eigenvalue weighted by molar-refractivity contribution is 14.0. The molecule has 0 bridgehead atoms. The molecule has 3 N–H and O–H groups in total. The van der Waals surface area contributed by atoms with Crippen molar-refractivity contribution in [3.8, 4) is 0 Å². The minimum atomic E-state index is -0.859. The van der Waals surface area contributed by atoms with E-state index in [4.69, 9.17) is 4.74 Å². The van der Waals surface area contributed by atoms with Crippen LogP contribution in [0.5, 0.6) is 0 Å². The van der Waals surface area contributed by atoms with Crippen LogP contribution in [0.1, 0.15) is 31.9 Å². The molecular weight excluding hydrogens is 505 g/mol. The molecule has 0 aromatic heterocycles. The maximum absolute atomic E-state index is 10.8. The Labute approximate surface area is 204 Å². The Hall–Kier alpha value is -0.940. The van der Waals surface area contributed by atoms with E-state index >= 15 is 0 Å². The molecule has 1 aromatic rings. The van der Waals surface area contributed by atoms with Crippen LogP contribution >= 0.6 is 24.0 Å². The van der Waals surface area contributed by atoms with E-state index in [1.807, 2.05) is 6.92 Å². The van der Waals surface area contributed by atoms with Gasteiger partial charge in [-0.05, 0) is 38.3 Å². The van der Waals surface area contributed by atoms with Gasteiger partial charge in [-0.3, -0.25) is 14.8 Å². The normalized spacial score (nSPS) is 20.8. The van der Waals surface area contributed by atoms with Gasteiger partial charge in [-0.15, -0.1) is 24.0 Å². The number of ether oxygens (including phenoxy) is 1. The maximum Gasteiger partial charge on any atom is 0.191 e. The minimum absolute atomic E-state index is 0. The van der Waals surface area contributed by atoms with E-state index < -0.39 is 5.60 Å². The van der Waals surface area contributed by atoms with Gasteiger partial charge in [-0.2, -0.15) is 0 Å². The molecule has 0 spiro atoms. The van der Waals surface area contributed by atoms with Crippen molar-refractivity contribution in [1.29, 1.82) is 0 Å². The summed E-state index contributed by atoms with van der Waals surface area (Å²) in [5, 5.41) is 17.6. The Kier molecular flexibility index (Phi) is 11.0. The number of benzene rings is 1. The predicted octanol–water partition coefficient (Wildman–Crippen LogP) is 1.69. The van der Waals surface area contributed by atoms with E-state index in [1.165, 1.54) is 11.1 Å². The van der Waals surface area contributed by atoms with Crippen LogP contribution in [0.15, 0.2) is 29.3 Å². The van der Waals surface area contributed by atoms with E-state index in [9.17, 15) is 5.11 Å². The molecule has 1 fully saturated rings. The Morgan fingerprint density at radius 2 is 1.90 bits per heavy atom. The quantitative estimate of drug-likeness (QED) is 0.263. The standard InChI is InChI=1S/C23H39N5O2.HI/c1-4-24-22(26-17-23(3,29)18-27-11-13-30-14-12-27)25-15-19(2)28-10-9-20-7-5-6-8-21(20)16-28;/h5-8,19,29H,4,9-18H2,1-3H3,(H2,24,25,26);1H. The van der Waals surface area contributed by atoms with Crippen LogP contribution in [0.3, 0.4) is 0 Å². The molecule has 8 heteroatoms. The van der Waals surface area contributed by atoms with Crippen molar-refractivity contribution in [2.75, 3.05) is 59.0 Å². The van der Waals surface area contributed by atoms with Crippen molar-refractivity contribution >= 4 is 29.9 Å². The fourth-order valence-electron chi connectivity index (χ4n) is 4.15. The topological polar surface area (TPSA) is 72.4 Å². The van der Waals surface area contributed by atoms with Crippen LogP contribution < -0.4 is 10.6 Å². The molecule has 31 heavy (non-hydrogen) atoms. The van der Waals surface area contributed by atoms with E-state index in [0.717, 1.165) is 64.9 Å². The summed E-state index contributed by atoms with van der Waals surface area (Å²) in [5.41, 5.74) is 2.06. The van der Waals surface area contributed by atoms with Gasteiger partial charge in [-0.1, -0.05) is 24.3 Å². The minimum Gasteiger partial charge on any atom is -0.387 e. The van der Waals surface area contributed by atoms with E-state index in [1.54, 1.807) is 0 Å². The second-order valence-corrected chi connectivity index (χ2v) is 8.80. The zero-order valence-corrected chi connectivity index (χ0v) is 21.6. The van der Waals surface area contributed by atoms with E-state index in [-0.39, 0.29) is 24.0 Å². The summed E-state index contributed by atoms with van der Waals surface area (Å²) in [5.74, 6) is 0.768. The maximum atomic E-state index is 10.8. The molecule has 0 saturated carbocycles. The van der Waals surface area contributed by atoms with Gasteiger partial charge in [0.15, 0.2) is 5.96 Å². The monoisotopic (exact) mass is 545 g/mol. The molecule has 0 aliphatic carbocycles. The Balaban J connectivity index is 0.00000341. The fraction of sp³-hybridized carbons (Fsp3) is 0.696. The smallest absolute Gasteiger partial charge is 0.191 e. The Morgan fingerprint density at radius 3 is 2.61 bits per heavy atom. The SMILES string of the molecule is CCNC(=NCC(C)(O)CN1CCOCC1)NCC(C)N1CCc2ccccc2C1.I. The van der Waals surface area contributed by atoms with Crippen molar-refractivity contribution in [2.45, 2.75) is 45.4 Å². The first kappa shape index (κ1) is 26.3. The van der Waals surface area contributed by atoms with Gasteiger partial charge in [0.25, 0.3) is 0 Å². The summed E-state index contributed by atoms with van der Waals surface area (Å²) in [7, 11) is 0. The van der Waals surface area contributed by atoms with Crippen molar-refractivity contribution in [1.82, 2.24) is 20.4 Å². The number of β-amino-alcohol motifs (C(OH)–C–C–N with tert-alkyl or cyclic N) is 1. The molecule has 2 heterocycles. The number of morpholine rings is 1. The van der Waals surface area contributed by atoms with Gasteiger partial charge in [0, 0.05) is 51.9 Å². The van der Waals surface area contributed by atoms with Gasteiger partial charge < -0.3 is 20.5 Å². The number of aliphatic imine (C=N–C) groups is 1. The number of halogens is 1. The molecule has 0 amide bonds. The highest BCUT2D eigenvalue weighted by Crippen LogP contribution is 2.20. The molecule has 0 radical (unpaired) electrons. The molecule has 176 valence electrons. The lowest BCUT2D eigenvalue weighted by atomic mass is 9.99. The summed E-state index contributed by atoms with van der Waals surface area (Å²) < 4.78 is 5.39. The van der Waals surface area contributed by atoms with Crippen molar-refractivity contribution in [3.63, 3.8) is 0 Å². The predicted molar refractivity (Wildman–Crippen MR) is 137 cm³/mol. The van der Waals surface area contributed by atoms with Crippen molar-refractivity contribution in [3.05, 3.63) is 35.4 Å². The van der Waals surface area contributed by atoms with Crippen molar-refractivity contribution in [2.24, 2.45) is 4.99 Å². The first-order chi connectivity index (χ1) is 14.5. The highest BCUT2D eigenvalue weighted by atomic mass is 127. The summed E-state index contributed by atoms with van der Waals surface area (Å²) in [6, 6.07) is 9.14. The molecule has 2 unspecified atom stereocenters. The number of guanidine groups is 1. The molecule has 2 atom stereocenters. The summed E-state index contributed by atoms with van der Waals surface area (Å²) in [6.07, 6.45) is 1.11. The van der Waals surface area contributed by atoms with E-state index in [2.05, 4.69) is 63.5 Å². The number of rotatable bonds is 8. The van der Waals surface area contributed by atoms with Crippen LogP contribution in [-0.2, 0) is 17.7 Å². The average Bonchev–Trinajstić information content (AvgIpc) is 2.75. The van der Waals surface area contributed by atoms with Crippen LogP contribution in [0, 0.1) is 0 Å². The third kappa shape index (κ3) is 8.49. The van der Waals surface area contributed by atoms with Crippen LogP contribution in [0.2, 0.25) is 0 Å². The average molecular weight is 546 g/mol. The third-order valence-electron chi connectivity index (χ3n) is 5.94. The number of nitrogens with one attached hydrogen (secondary N) is 2. The van der Waals surface area contributed by atoms with Crippen LogP contribution in [0.4, 0.5) is 0 Å². The summed E-state index contributed by atoms with van der Waals surface area (Å²) in [6.45, 7) is 14.1. The lowest BCUT2D eigenvalue weighted by molar-refractivity contribution is -0.0180. The molecule has 2 aliphatic heterocycles. The van der Waals surface area contributed by atoms with Crippen LogP contribution in [0.25, 0.3) is 0 Å².